The van der Waals surface area contributed by atoms with E-state index >= 15 is 0 Å². The summed E-state index contributed by atoms with van der Waals surface area (Å²) in [6, 6.07) is 3.86. The van der Waals surface area contributed by atoms with Gasteiger partial charge in [0.25, 0.3) is 0 Å². The van der Waals surface area contributed by atoms with Gasteiger partial charge in [-0.15, -0.1) is 15.3 Å². The molecule has 1 unspecified atom stereocenters. The van der Waals surface area contributed by atoms with Crippen LogP contribution in [0.5, 0.6) is 0 Å². The van der Waals surface area contributed by atoms with Crippen molar-refractivity contribution in [2.45, 2.75) is 42.7 Å². The zero-order valence-electron chi connectivity index (χ0n) is 17.4. The van der Waals surface area contributed by atoms with Crippen LogP contribution in [0.15, 0.2) is 18.5 Å². The molecule has 3 fully saturated rings. The fraction of sp³-hybridized carbons (Fsp3) is 0.667. The molecule has 4 heterocycles. The van der Waals surface area contributed by atoms with Crippen molar-refractivity contribution in [3.63, 3.8) is 0 Å². The number of nitrogens with zero attached hydrogens (tertiary/aromatic N) is 5. The molecule has 11 nitrogen and oxygen atoms in total. The number of carbonyl (C=O) groups is 1. The number of rotatable bonds is 5. The molecule has 1 atom stereocenters. The van der Waals surface area contributed by atoms with Gasteiger partial charge in [0.05, 0.1) is 24.9 Å². The van der Waals surface area contributed by atoms with Crippen molar-refractivity contribution >= 4 is 27.5 Å². The summed E-state index contributed by atoms with van der Waals surface area (Å²) in [5.74, 6) is -1.60. The molecule has 0 amide bonds. The van der Waals surface area contributed by atoms with Gasteiger partial charge in [-0.1, -0.05) is 0 Å². The average molecular weight is 492 g/mol. The maximum absolute atomic E-state index is 11.9. The number of anilines is 1. The fourth-order valence-electron chi connectivity index (χ4n) is 3.76. The molecule has 15 heteroatoms. The molecular weight excluding hydrogens is 469 g/mol. The zero-order chi connectivity index (χ0) is 23.9. The van der Waals surface area contributed by atoms with E-state index in [0.717, 1.165) is 50.2 Å². The van der Waals surface area contributed by atoms with Gasteiger partial charge in [-0.25, -0.2) is 17.9 Å². The van der Waals surface area contributed by atoms with Gasteiger partial charge in [0.15, 0.2) is 5.65 Å². The first kappa shape index (κ1) is 23.6. The highest BCUT2D eigenvalue weighted by Crippen LogP contribution is 2.38. The Morgan fingerprint density at radius 2 is 1.97 bits per heavy atom. The number of carboxylic acids is 1. The Balaban J connectivity index is 0.000000325. The number of sulfonamides is 1. The minimum atomic E-state index is -5.08. The highest BCUT2D eigenvalue weighted by atomic mass is 32.2. The third-order valence-electron chi connectivity index (χ3n) is 5.84. The molecule has 2 saturated heterocycles. The van der Waals surface area contributed by atoms with Crippen LogP contribution in [0.25, 0.3) is 5.65 Å². The lowest BCUT2D eigenvalue weighted by atomic mass is 9.83. The Kier molecular flexibility index (Phi) is 6.22. The molecule has 182 valence electrons. The van der Waals surface area contributed by atoms with Gasteiger partial charge in [-0.3, -0.25) is 0 Å². The maximum Gasteiger partial charge on any atom is 0.490 e. The Morgan fingerprint density at radius 1 is 1.27 bits per heavy atom. The number of aliphatic carboxylic acids is 1. The third-order valence-corrected chi connectivity index (χ3v) is 7.76. The van der Waals surface area contributed by atoms with Gasteiger partial charge >= 0.3 is 12.1 Å². The van der Waals surface area contributed by atoms with E-state index in [-0.39, 0.29) is 16.8 Å². The fourth-order valence-corrected chi connectivity index (χ4v) is 5.22. The summed E-state index contributed by atoms with van der Waals surface area (Å²) < 4.78 is 66.2. The molecule has 1 saturated carbocycles. The van der Waals surface area contributed by atoms with Crippen LogP contribution in [0.4, 0.5) is 19.0 Å². The highest BCUT2D eigenvalue weighted by molar-refractivity contribution is 7.90. The van der Waals surface area contributed by atoms with Crippen LogP contribution >= 0.6 is 0 Å². The van der Waals surface area contributed by atoms with Crippen molar-refractivity contribution in [1.82, 2.24) is 24.5 Å². The van der Waals surface area contributed by atoms with Crippen molar-refractivity contribution < 1.29 is 36.2 Å². The van der Waals surface area contributed by atoms with E-state index in [4.69, 9.17) is 14.6 Å². The first-order valence-corrected chi connectivity index (χ1v) is 11.9. The van der Waals surface area contributed by atoms with E-state index in [1.54, 1.807) is 10.8 Å². The predicted molar refractivity (Wildman–Crippen MR) is 108 cm³/mol. The molecule has 2 aliphatic heterocycles. The molecular formula is C18H23F3N6O5S. The summed E-state index contributed by atoms with van der Waals surface area (Å²) in [5.41, 5.74) is 0.616. The molecule has 0 aromatic carbocycles. The monoisotopic (exact) mass is 492 g/mol. The van der Waals surface area contributed by atoms with E-state index in [0.29, 0.717) is 13.2 Å². The third kappa shape index (κ3) is 5.52. The Bertz CT molecular complexity index is 1100. The first-order chi connectivity index (χ1) is 15.5. The standard InChI is InChI=1S/C16H22N6O3S.C2HF3O2/c23-26(24,13-1-2-13)18-7-12-5-6-16(25-8-12)9-21(10-16)15-4-3-14-19-17-11-22(14)20-15;3-2(4,5)1(6)7/h3-4,11-13,18H,1-2,5-10H2;(H,6,7). The second-order valence-corrected chi connectivity index (χ2v) is 10.5. The van der Waals surface area contributed by atoms with E-state index < -0.39 is 22.2 Å². The van der Waals surface area contributed by atoms with Crippen molar-refractivity contribution in [2.75, 3.05) is 31.1 Å². The summed E-state index contributed by atoms with van der Waals surface area (Å²) in [6.45, 7) is 2.73. The SMILES string of the molecule is O=C(O)C(F)(F)F.O=S(=O)(NCC1CCC2(CN(c3ccc4nncn4n3)C2)OC1)C1CC1. The van der Waals surface area contributed by atoms with Gasteiger partial charge in [-0.2, -0.15) is 17.7 Å². The Labute approximate surface area is 187 Å². The molecule has 0 radical (unpaired) electrons. The van der Waals surface area contributed by atoms with Gasteiger partial charge in [0.2, 0.25) is 10.0 Å². The first-order valence-electron chi connectivity index (χ1n) is 10.3. The molecule has 3 aliphatic rings. The topological polar surface area (TPSA) is 139 Å². The predicted octanol–water partition coefficient (Wildman–Crippen LogP) is 0.825. The van der Waals surface area contributed by atoms with Crippen molar-refractivity contribution in [2.24, 2.45) is 5.92 Å². The number of carboxylic acid groups (broad SMARTS) is 1. The molecule has 33 heavy (non-hydrogen) atoms. The molecule has 2 aromatic rings. The summed E-state index contributed by atoms with van der Waals surface area (Å²) in [4.78, 5) is 11.1. The lowest BCUT2D eigenvalue weighted by Crippen LogP contribution is -2.65. The average Bonchev–Trinajstić information content (AvgIpc) is 3.50. The number of halogens is 3. The molecule has 0 bridgehead atoms. The maximum atomic E-state index is 11.9. The van der Waals surface area contributed by atoms with Crippen LogP contribution in [-0.4, -0.2) is 82.6 Å². The molecule has 1 spiro atoms. The number of aromatic nitrogens is 4. The van der Waals surface area contributed by atoms with Crippen molar-refractivity contribution in [3.05, 3.63) is 18.5 Å². The summed E-state index contributed by atoms with van der Waals surface area (Å²) in [6.07, 6.45) is 0.0424. The Hall–Kier alpha value is -2.52. The van der Waals surface area contributed by atoms with E-state index in [1.807, 2.05) is 12.1 Å². The second-order valence-electron chi connectivity index (χ2n) is 8.48. The van der Waals surface area contributed by atoms with E-state index in [9.17, 15) is 21.6 Å². The summed E-state index contributed by atoms with van der Waals surface area (Å²) in [5, 5.41) is 19.3. The van der Waals surface area contributed by atoms with Crippen LogP contribution in [0, 0.1) is 5.92 Å². The number of ether oxygens (including phenoxy) is 1. The normalized spacial score (nSPS) is 22.5. The quantitative estimate of drug-likeness (QED) is 0.621. The van der Waals surface area contributed by atoms with E-state index in [1.165, 1.54) is 0 Å². The van der Waals surface area contributed by atoms with Gasteiger partial charge in [-0.05, 0) is 43.7 Å². The molecule has 5 rings (SSSR count). The van der Waals surface area contributed by atoms with E-state index in [2.05, 4.69) is 24.9 Å². The number of alkyl halides is 3. The molecule has 2 aromatic heterocycles. The van der Waals surface area contributed by atoms with Crippen molar-refractivity contribution in [1.29, 1.82) is 0 Å². The smallest absolute Gasteiger partial charge is 0.475 e. The van der Waals surface area contributed by atoms with Gasteiger partial charge < -0.3 is 14.7 Å². The van der Waals surface area contributed by atoms with Crippen molar-refractivity contribution in [3.8, 4) is 0 Å². The minimum Gasteiger partial charge on any atom is -0.475 e. The lowest BCUT2D eigenvalue weighted by Gasteiger charge is -2.53. The summed E-state index contributed by atoms with van der Waals surface area (Å²) in [7, 11) is -3.10. The number of fused-ring (bicyclic) bond motifs is 1. The number of hydrogen-bond acceptors (Lipinski definition) is 8. The highest BCUT2D eigenvalue weighted by Gasteiger charge is 2.47. The Morgan fingerprint density at radius 3 is 2.55 bits per heavy atom. The van der Waals surface area contributed by atoms with Crippen LogP contribution < -0.4 is 9.62 Å². The van der Waals surface area contributed by atoms with Crippen LogP contribution in [0.3, 0.4) is 0 Å². The largest absolute Gasteiger partial charge is 0.490 e. The van der Waals surface area contributed by atoms with Gasteiger partial charge in [0, 0.05) is 6.54 Å². The summed E-state index contributed by atoms with van der Waals surface area (Å²) >= 11 is 0. The second kappa shape index (κ2) is 8.68. The number of hydrogen-bond donors (Lipinski definition) is 2. The molecule has 2 N–H and O–H groups in total. The lowest BCUT2D eigenvalue weighted by molar-refractivity contribution is -0.192. The van der Waals surface area contributed by atoms with Gasteiger partial charge in [0.1, 0.15) is 17.7 Å². The minimum absolute atomic E-state index is 0.115. The van der Waals surface area contributed by atoms with Crippen LogP contribution in [-0.2, 0) is 19.6 Å². The van der Waals surface area contributed by atoms with Crippen LogP contribution in [0.2, 0.25) is 0 Å². The van der Waals surface area contributed by atoms with Crippen LogP contribution in [0.1, 0.15) is 25.7 Å². The molecule has 1 aliphatic carbocycles. The number of nitrogens with one attached hydrogen (secondary N) is 1. The zero-order valence-corrected chi connectivity index (χ0v) is 18.2.